The minimum absolute atomic E-state index is 0.330. The lowest BCUT2D eigenvalue weighted by Crippen LogP contribution is -2.32. The molecule has 0 atom stereocenters. The topological polar surface area (TPSA) is 49.4 Å². The highest BCUT2D eigenvalue weighted by molar-refractivity contribution is 9.10. The van der Waals surface area contributed by atoms with Crippen LogP contribution < -0.4 is 5.32 Å². The summed E-state index contributed by atoms with van der Waals surface area (Å²) >= 11 is 3.36. The molecule has 0 aliphatic heterocycles. The second-order valence-corrected chi connectivity index (χ2v) is 6.74. The summed E-state index contributed by atoms with van der Waals surface area (Å²) in [5.74, 6) is 0. The molecule has 0 aliphatic rings. The Balaban J connectivity index is 3.00. The van der Waals surface area contributed by atoms with Crippen molar-refractivity contribution in [1.82, 2.24) is 9.62 Å². The smallest absolute Gasteiger partial charge is 0.242 e. The Morgan fingerprint density at radius 1 is 1.41 bits per heavy atom. The third-order valence-corrected chi connectivity index (χ3v) is 5.26. The minimum Gasteiger partial charge on any atom is -0.318 e. The van der Waals surface area contributed by atoms with Crippen LogP contribution in [0.1, 0.15) is 5.56 Å². The van der Waals surface area contributed by atoms with Crippen LogP contribution in [0.25, 0.3) is 0 Å². The molecule has 0 aliphatic carbocycles. The van der Waals surface area contributed by atoms with Gasteiger partial charge in [0.05, 0.1) is 4.90 Å². The highest BCUT2D eigenvalue weighted by Gasteiger charge is 2.20. The van der Waals surface area contributed by atoms with Crippen molar-refractivity contribution in [3.05, 3.63) is 28.2 Å². The van der Waals surface area contributed by atoms with Crippen molar-refractivity contribution in [2.45, 2.75) is 11.8 Å². The number of sulfonamides is 1. The number of rotatable bonds is 5. The molecule has 0 radical (unpaired) electrons. The first-order chi connectivity index (χ1) is 7.89. The number of nitrogens with one attached hydrogen (secondary N) is 1. The number of halogens is 1. The van der Waals surface area contributed by atoms with Crippen LogP contribution >= 0.6 is 15.9 Å². The number of aryl methyl sites for hydroxylation is 1. The predicted molar refractivity (Wildman–Crippen MR) is 72.6 cm³/mol. The van der Waals surface area contributed by atoms with Crippen LogP contribution in [0.2, 0.25) is 0 Å². The van der Waals surface area contributed by atoms with E-state index in [0.717, 1.165) is 10.0 Å². The van der Waals surface area contributed by atoms with Gasteiger partial charge in [-0.3, -0.25) is 0 Å². The molecule has 0 heterocycles. The van der Waals surface area contributed by atoms with Crippen LogP contribution in [0.4, 0.5) is 0 Å². The predicted octanol–water partition coefficient (Wildman–Crippen LogP) is 1.60. The van der Waals surface area contributed by atoms with Crippen LogP contribution in [-0.4, -0.2) is 39.9 Å². The molecule has 96 valence electrons. The van der Waals surface area contributed by atoms with E-state index in [0.29, 0.717) is 18.0 Å². The first kappa shape index (κ1) is 14.6. The molecule has 0 unspecified atom stereocenters. The Morgan fingerprint density at radius 3 is 2.59 bits per heavy atom. The quantitative estimate of drug-likeness (QED) is 0.896. The number of likely N-dealkylation sites (N-methyl/N-ethyl adjacent to an activating group) is 2. The van der Waals surface area contributed by atoms with Crippen molar-refractivity contribution in [2.75, 3.05) is 27.2 Å². The molecule has 0 saturated heterocycles. The van der Waals surface area contributed by atoms with Gasteiger partial charge in [0.25, 0.3) is 0 Å². The van der Waals surface area contributed by atoms with E-state index in [1.807, 2.05) is 6.92 Å². The summed E-state index contributed by atoms with van der Waals surface area (Å²) in [6.45, 7) is 2.95. The molecule has 0 fully saturated rings. The van der Waals surface area contributed by atoms with Gasteiger partial charge in [-0.2, -0.15) is 4.31 Å². The van der Waals surface area contributed by atoms with Gasteiger partial charge in [0.15, 0.2) is 0 Å². The Kier molecular flexibility index (Phi) is 5.12. The van der Waals surface area contributed by atoms with E-state index in [1.165, 1.54) is 4.31 Å². The van der Waals surface area contributed by atoms with E-state index >= 15 is 0 Å². The second kappa shape index (κ2) is 5.95. The van der Waals surface area contributed by atoms with Gasteiger partial charge in [-0.05, 0) is 37.7 Å². The van der Waals surface area contributed by atoms with Gasteiger partial charge < -0.3 is 5.32 Å². The lowest BCUT2D eigenvalue weighted by atomic mass is 10.2. The van der Waals surface area contributed by atoms with Crippen molar-refractivity contribution >= 4 is 26.0 Å². The molecule has 0 bridgehead atoms. The largest absolute Gasteiger partial charge is 0.318 e. The highest BCUT2D eigenvalue weighted by Crippen LogP contribution is 2.21. The Bertz CT molecular complexity index is 488. The summed E-state index contributed by atoms with van der Waals surface area (Å²) < 4.78 is 26.6. The Labute approximate surface area is 111 Å². The molecule has 0 amide bonds. The van der Waals surface area contributed by atoms with E-state index in [4.69, 9.17) is 0 Å². The summed E-state index contributed by atoms with van der Waals surface area (Å²) in [4.78, 5) is 0.330. The molecule has 1 rings (SSSR count). The van der Waals surface area contributed by atoms with Gasteiger partial charge >= 0.3 is 0 Å². The molecule has 1 aromatic rings. The van der Waals surface area contributed by atoms with Gasteiger partial charge in [-0.1, -0.05) is 15.9 Å². The maximum Gasteiger partial charge on any atom is 0.242 e. The summed E-state index contributed by atoms with van der Waals surface area (Å²) in [5.41, 5.74) is 0.910. The fraction of sp³-hybridized carbons (Fsp3) is 0.455. The normalized spacial score (nSPS) is 12.1. The zero-order valence-electron chi connectivity index (χ0n) is 10.2. The fourth-order valence-electron chi connectivity index (χ4n) is 1.35. The molecule has 0 spiro atoms. The van der Waals surface area contributed by atoms with E-state index < -0.39 is 10.0 Å². The van der Waals surface area contributed by atoms with Gasteiger partial charge in [-0.25, -0.2) is 8.42 Å². The fourth-order valence-corrected chi connectivity index (χ4v) is 2.85. The molecular formula is C11H17BrN2O2S. The molecular weight excluding hydrogens is 304 g/mol. The summed E-state index contributed by atoms with van der Waals surface area (Å²) in [6, 6.07) is 5.05. The second-order valence-electron chi connectivity index (χ2n) is 3.84. The third kappa shape index (κ3) is 3.51. The van der Waals surface area contributed by atoms with Gasteiger partial charge in [0, 0.05) is 24.6 Å². The van der Waals surface area contributed by atoms with Gasteiger partial charge in [0.1, 0.15) is 0 Å². The number of hydrogen-bond acceptors (Lipinski definition) is 3. The molecule has 1 N–H and O–H groups in total. The summed E-state index contributed by atoms with van der Waals surface area (Å²) in [5, 5.41) is 2.93. The molecule has 0 saturated carbocycles. The average Bonchev–Trinajstić information content (AvgIpc) is 2.29. The van der Waals surface area contributed by atoms with Gasteiger partial charge in [0.2, 0.25) is 10.0 Å². The van der Waals surface area contributed by atoms with Crippen molar-refractivity contribution in [3.63, 3.8) is 0 Å². The zero-order valence-corrected chi connectivity index (χ0v) is 12.6. The summed E-state index contributed by atoms with van der Waals surface area (Å²) in [6.07, 6.45) is 0. The molecule has 4 nitrogen and oxygen atoms in total. The molecule has 6 heteroatoms. The van der Waals surface area contributed by atoms with Crippen LogP contribution in [0.5, 0.6) is 0 Å². The highest BCUT2D eigenvalue weighted by atomic mass is 79.9. The summed E-state index contributed by atoms with van der Waals surface area (Å²) in [7, 11) is 0.00524. The van der Waals surface area contributed by atoms with E-state index in [1.54, 1.807) is 32.3 Å². The maximum atomic E-state index is 12.2. The Hall–Kier alpha value is -0.430. The van der Waals surface area contributed by atoms with Gasteiger partial charge in [-0.15, -0.1) is 0 Å². The minimum atomic E-state index is -3.38. The van der Waals surface area contributed by atoms with E-state index in [9.17, 15) is 8.42 Å². The molecule has 17 heavy (non-hydrogen) atoms. The van der Waals surface area contributed by atoms with Crippen LogP contribution in [0, 0.1) is 6.92 Å². The lowest BCUT2D eigenvalue weighted by Gasteiger charge is -2.17. The molecule has 0 aromatic heterocycles. The average molecular weight is 321 g/mol. The SMILES string of the molecule is CNCCN(C)S(=O)(=O)c1ccc(Br)c(C)c1. The van der Waals surface area contributed by atoms with E-state index in [-0.39, 0.29) is 0 Å². The maximum absolute atomic E-state index is 12.2. The van der Waals surface area contributed by atoms with Crippen LogP contribution in [0.3, 0.4) is 0 Å². The Morgan fingerprint density at radius 2 is 2.06 bits per heavy atom. The number of hydrogen-bond donors (Lipinski definition) is 1. The first-order valence-corrected chi connectivity index (χ1v) is 7.50. The van der Waals surface area contributed by atoms with Crippen molar-refractivity contribution < 1.29 is 8.42 Å². The van der Waals surface area contributed by atoms with E-state index in [2.05, 4.69) is 21.2 Å². The van der Waals surface area contributed by atoms with Crippen molar-refractivity contribution in [3.8, 4) is 0 Å². The third-order valence-electron chi connectivity index (χ3n) is 2.51. The lowest BCUT2D eigenvalue weighted by molar-refractivity contribution is 0.466. The zero-order chi connectivity index (χ0) is 13.1. The number of nitrogens with zero attached hydrogens (tertiary/aromatic N) is 1. The standard InChI is InChI=1S/C11H17BrN2O2S/c1-9-8-10(4-5-11(9)12)17(15,16)14(3)7-6-13-2/h4-5,8,13H,6-7H2,1-3H3. The van der Waals surface area contributed by atoms with Crippen molar-refractivity contribution in [1.29, 1.82) is 0 Å². The molecule has 1 aromatic carbocycles. The number of benzene rings is 1. The first-order valence-electron chi connectivity index (χ1n) is 5.26. The van der Waals surface area contributed by atoms with Crippen molar-refractivity contribution in [2.24, 2.45) is 0 Å². The monoisotopic (exact) mass is 320 g/mol. The van der Waals surface area contributed by atoms with Crippen LogP contribution in [0.15, 0.2) is 27.6 Å². The van der Waals surface area contributed by atoms with Crippen LogP contribution in [-0.2, 0) is 10.0 Å².